The van der Waals surface area contributed by atoms with E-state index in [9.17, 15) is 13.6 Å². The summed E-state index contributed by atoms with van der Waals surface area (Å²) >= 11 is 1.37. The first-order valence-corrected chi connectivity index (χ1v) is 9.83. The van der Waals surface area contributed by atoms with E-state index in [0.29, 0.717) is 16.4 Å². The minimum atomic E-state index is -2.88. The largest absolute Gasteiger partial charge is 0.435 e. The maximum Gasteiger partial charge on any atom is 0.387 e. The Morgan fingerprint density at radius 3 is 2.82 bits per heavy atom. The topological polar surface area (TPSA) is 64.1 Å². The molecule has 8 heteroatoms. The maximum atomic E-state index is 12.7. The van der Waals surface area contributed by atoms with Gasteiger partial charge >= 0.3 is 6.61 Å². The summed E-state index contributed by atoms with van der Waals surface area (Å²) in [5.41, 5.74) is 2.45. The molecule has 1 saturated carbocycles. The Balaban J connectivity index is 1.53. The van der Waals surface area contributed by atoms with Gasteiger partial charge in [0.1, 0.15) is 16.4 Å². The number of amides is 1. The number of rotatable bonds is 6. The molecule has 0 unspecified atom stereocenters. The number of aromatic nitrogens is 2. The van der Waals surface area contributed by atoms with Crippen LogP contribution < -0.4 is 10.1 Å². The van der Waals surface area contributed by atoms with Crippen molar-refractivity contribution < 1.29 is 18.3 Å². The lowest BCUT2D eigenvalue weighted by molar-refractivity contribution is -0.0498. The fraction of sp³-hybridized carbons (Fsp3) is 0.350. The Morgan fingerprint density at radius 2 is 2.11 bits per heavy atom. The number of carbonyl (C=O) groups excluding carboxylic acids is 1. The van der Waals surface area contributed by atoms with E-state index in [1.807, 2.05) is 13.8 Å². The predicted octanol–water partition coefficient (Wildman–Crippen LogP) is 4.72. The summed E-state index contributed by atoms with van der Waals surface area (Å²) in [5.74, 6) is 1.17. The highest BCUT2D eigenvalue weighted by atomic mass is 32.1. The third-order valence-electron chi connectivity index (χ3n) is 4.71. The minimum absolute atomic E-state index is 0.0679. The maximum absolute atomic E-state index is 12.7. The molecule has 1 aliphatic carbocycles. The molecule has 146 valence electrons. The van der Waals surface area contributed by atoms with Crippen molar-refractivity contribution >= 4 is 27.5 Å². The molecular formula is C20H19F2N3O2S. The summed E-state index contributed by atoms with van der Waals surface area (Å²) in [4.78, 5) is 23.4. The van der Waals surface area contributed by atoms with Crippen molar-refractivity contribution in [1.82, 2.24) is 15.3 Å². The van der Waals surface area contributed by atoms with Crippen LogP contribution in [0.25, 0.3) is 10.2 Å². The summed E-state index contributed by atoms with van der Waals surface area (Å²) in [6.45, 7) is 1.19. The van der Waals surface area contributed by atoms with Crippen LogP contribution in [0.2, 0.25) is 0 Å². The van der Waals surface area contributed by atoms with E-state index < -0.39 is 6.61 Å². The summed E-state index contributed by atoms with van der Waals surface area (Å²) in [7, 11) is 0. The number of hydrogen-bond acceptors (Lipinski definition) is 5. The fourth-order valence-electron chi connectivity index (χ4n) is 3.19. The van der Waals surface area contributed by atoms with Gasteiger partial charge in [-0.3, -0.25) is 4.79 Å². The first-order valence-electron chi connectivity index (χ1n) is 9.02. The smallest absolute Gasteiger partial charge is 0.387 e. The number of alkyl halides is 2. The van der Waals surface area contributed by atoms with Crippen molar-refractivity contribution in [2.75, 3.05) is 0 Å². The van der Waals surface area contributed by atoms with E-state index in [2.05, 4.69) is 20.0 Å². The van der Waals surface area contributed by atoms with Crippen molar-refractivity contribution in [2.45, 2.75) is 45.8 Å². The lowest BCUT2D eigenvalue weighted by atomic mass is 10.1. The molecule has 0 spiro atoms. The van der Waals surface area contributed by atoms with E-state index in [1.165, 1.54) is 23.5 Å². The van der Waals surface area contributed by atoms with Crippen LogP contribution in [0.4, 0.5) is 8.78 Å². The third kappa shape index (κ3) is 3.82. The molecule has 0 atom stereocenters. The van der Waals surface area contributed by atoms with Gasteiger partial charge in [0.25, 0.3) is 5.91 Å². The van der Waals surface area contributed by atoms with Gasteiger partial charge in [0, 0.05) is 17.8 Å². The second-order valence-electron chi connectivity index (χ2n) is 6.89. The molecule has 28 heavy (non-hydrogen) atoms. The molecule has 1 N–H and O–H groups in total. The van der Waals surface area contributed by atoms with Crippen LogP contribution in [0.1, 0.15) is 51.1 Å². The Hall–Kier alpha value is -2.61. The summed E-state index contributed by atoms with van der Waals surface area (Å²) in [6.07, 6.45) is 2.24. The Morgan fingerprint density at radius 1 is 1.32 bits per heavy atom. The van der Waals surface area contributed by atoms with Gasteiger partial charge < -0.3 is 10.1 Å². The zero-order valence-electron chi connectivity index (χ0n) is 15.5. The molecule has 0 saturated heterocycles. The van der Waals surface area contributed by atoms with E-state index in [-0.39, 0.29) is 18.2 Å². The quantitative estimate of drug-likeness (QED) is 0.647. The second kappa shape index (κ2) is 7.43. The molecule has 3 aromatic rings. The zero-order chi connectivity index (χ0) is 19.8. The van der Waals surface area contributed by atoms with E-state index in [1.54, 1.807) is 12.1 Å². The Bertz CT molecular complexity index is 1050. The Labute approximate surface area is 164 Å². The van der Waals surface area contributed by atoms with Gasteiger partial charge in [-0.25, -0.2) is 9.97 Å². The predicted molar refractivity (Wildman–Crippen MR) is 103 cm³/mol. The average Bonchev–Trinajstić information content (AvgIpc) is 3.43. The highest BCUT2D eigenvalue weighted by Crippen LogP contribution is 2.40. The van der Waals surface area contributed by atoms with Gasteiger partial charge in [-0.05, 0) is 49.9 Å². The van der Waals surface area contributed by atoms with E-state index in [4.69, 9.17) is 0 Å². The molecule has 4 rings (SSSR count). The number of ether oxygens (including phenoxy) is 1. The van der Waals surface area contributed by atoms with Crippen molar-refractivity contribution in [1.29, 1.82) is 0 Å². The second-order valence-corrected chi connectivity index (χ2v) is 7.89. The van der Waals surface area contributed by atoms with Crippen LogP contribution in [-0.2, 0) is 6.54 Å². The number of carbonyl (C=O) groups is 1. The molecule has 5 nitrogen and oxygen atoms in total. The van der Waals surface area contributed by atoms with Gasteiger partial charge in [0.05, 0.1) is 10.6 Å². The van der Waals surface area contributed by atoms with Gasteiger partial charge in [0.2, 0.25) is 0 Å². The molecule has 1 aromatic carbocycles. The van der Waals surface area contributed by atoms with Crippen LogP contribution in [-0.4, -0.2) is 22.5 Å². The number of hydrogen-bond donors (Lipinski definition) is 1. The Kier molecular flexibility index (Phi) is 4.97. The van der Waals surface area contributed by atoms with Crippen molar-refractivity contribution in [3.8, 4) is 5.75 Å². The first-order chi connectivity index (χ1) is 13.4. The number of fused-ring (bicyclic) bond motifs is 1. The highest BCUT2D eigenvalue weighted by Gasteiger charge is 2.28. The van der Waals surface area contributed by atoms with Crippen molar-refractivity contribution in [3.63, 3.8) is 0 Å². The third-order valence-corrected chi connectivity index (χ3v) is 5.90. The minimum Gasteiger partial charge on any atom is -0.435 e. The lowest BCUT2D eigenvalue weighted by Gasteiger charge is -2.08. The van der Waals surface area contributed by atoms with E-state index >= 15 is 0 Å². The number of thiophene rings is 1. The average molecular weight is 403 g/mol. The normalized spacial score (nSPS) is 13.9. The number of nitrogens with zero attached hydrogens (tertiary/aromatic N) is 2. The van der Waals surface area contributed by atoms with Gasteiger partial charge in [0.15, 0.2) is 0 Å². The number of aryl methyl sites for hydroxylation is 2. The van der Waals surface area contributed by atoms with Crippen LogP contribution >= 0.6 is 11.3 Å². The molecule has 0 bridgehead atoms. The van der Waals surface area contributed by atoms with Crippen LogP contribution in [0.5, 0.6) is 5.75 Å². The molecule has 0 radical (unpaired) electrons. The molecule has 1 aliphatic rings. The SMILES string of the molecule is Cc1nc(C2CC2)nc2sc(C(=O)NCc3cccc(OC(F)F)c3)c(C)c12. The summed E-state index contributed by atoms with van der Waals surface area (Å²) in [5, 5.41) is 3.78. The van der Waals surface area contributed by atoms with Crippen LogP contribution in [0, 0.1) is 13.8 Å². The van der Waals surface area contributed by atoms with Gasteiger partial charge in [-0.2, -0.15) is 8.78 Å². The molecule has 1 amide bonds. The van der Waals surface area contributed by atoms with Crippen molar-refractivity contribution in [2.24, 2.45) is 0 Å². The molecular weight excluding hydrogens is 384 g/mol. The standard InChI is InChI=1S/C20H19F2N3O2S/c1-10-15-11(2)24-17(13-6-7-13)25-19(15)28-16(10)18(26)23-9-12-4-3-5-14(8-12)27-20(21)22/h3-5,8,13,20H,6-7,9H2,1-2H3,(H,23,26). The van der Waals surface area contributed by atoms with Gasteiger partial charge in [-0.15, -0.1) is 11.3 Å². The molecule has 0 aliphatic heterocycles. The monoisotopic (exact) mass is 403 g/mol. The lowest BCUT2D eigenvalue weighted by Crippen LogP contribution is -2.22. The summed E-state index contributed by atoms with van der Waals surface area (Å²) in [6, 6.07) is 6.30. The van der Waals surface area contributed by atoms with Crippen molar-refractivity contribution in [3.05, 3.63) is 51.8 Å². The number of benzene rings is 1. The van der Waals surface area contributed by atoms with E-state index in [0.717, 1.165) is 40.1 Å². The zero-order valence-corrected chi connectivity index (χ0v) is 16.3. The number of nitrogens with one attached hydrogen (secondary N) is 1. The highest BCUT2D eigenvalue weighted by molar-refractivity contribution is 7.20. The number of halogens is 2. The van der Waals surface area contributed by atoms with Gasteiger partial charge in [-0.1, -0.05) is 12.1 Å². The summed E-state index contributed by atoms with van der Waals surface area (Å²) < 4.78 is 29.1. The van der Waals surface area contributed by atoms with Crippen LogP contribution in [0.15, 0.2) is 24.3 Å². The molecule has 2 aromatic heterocycles. The molecule has 1 fully saturated rings. The molecule has 2 heterocycles. The first kappa shape index (κ1) is 18.7. The van der Waals surface area contributed by atoms with Crippen LogP contribution in [0.3, 0.4) is 0 Å². The fourth-order valence-corrected chi connectivity index (χ4v) is 4.35.